The lowest BCUT2D eigenvalue weighted by molar-refractivity contribution is 0.104. The highest BCUT2D eigenvalue weighted by atomic mass is 16.1. The number of hydrogen-bond acceptors (Lipinski definition) is 3. The molecule has 1 aromatic carbocycles. The molecule has 0 bridgehead atoms. The summed E-state index contributed by atoms with van der Waals surface area (Å²) >= 11 is 0. The Kier molecular flexibility index (Phi) is 1.71. The number of nitrogens with one attached hydrogen (secondary N) is 1. The Balaban J connectivity index is 2.22. The normalized spacial score (nSPS) is 18.3. The van der Waals surface area contributed by atoms with Gasteiger partial charge in [-0.25, -0.2) is 0 Å². The van der Waals surface area contributed by atoms with Crippen molar-refractivity contribution in [3.63, 3.8) is 0 Å². The molecule has 15 heavy (non-hydrogen) atoms. The van der Waals surface area contributed by atoms with Gasteiger partial charge in [0.1, 0.15) is 0 Å². The van der Waals surface area contributed by atoms with Crippen molar-refractivity contribution < 1.29 is 4.79 Å². The molecule has 2 aliphatic rings. The maximum Gasteiger partial charge on any atom is 0.197 e. The minimum absolute atomic E-state index is 0.0822. The molecule has 3 rings (SSSR count). The van der Waals surface area contributed by atoms with Crippen molar-refractivity contribution >= 4 is 17.7 Å². The van der Waals surface area contributed by atoms with Crippen molar-refractivity contribution in [3.05, 3.63) is 41.0 Å². The van der Waals surface area contributed by atoms with Gasteiger partial charge in [-0.05, 0) is 0 Å². The molecule has 1 aliphatic heterocycles. The third-order valence-corrected chi connectivity index (χ3v) is 2.72. The Morgan fingerprint density at radius 3 is 2.87 bits per heavy atom. The molecule has 0 aromatic heterocycles. The maximum atomic E-state index is 12.0. The van der Waals surface area contributed by atoms with Crippen LogP contribution in [-0.4, -0.2) is 25.1 Å². The van der Waals surface area contributed by atoms with Crippen LogP contribution in [0, 0.1) is 0 Å². The van der Waals surface area contributed by atoms with Crippen LogP contribution < -0.4 is 5.32 Å². The molecule has 74 valence electrons. The summed E-state index contributed by atoms with van der Waals surface area (Å²) in [6, 6.07) is 7.68. The molecule has 3 nitrogen and oxygen atoms in total. The van der Waals surface area contributed by atoms with E-state index in [0.717, 1.165) is 29.9 Å². The van der Waals surface area contributed by atoms with E-state index in [0.29, 0.717) is 5.57 Å². The quantitative estimate of drug-likeness (QED) is 0.682. The second-order valence-electron chi connectivity index (χ2n) is 3.63. The van der Waals surface area contributed by atoms with E-state index in [9.17, 15) is 4.79 Å². The molecule has 0 atom stereocenters. The largest absolute Gasteiger partial charge is 0.382 e. The van der Waals surface area contributed by atoms with Crippen LogP contribution in [0.4, 0.5) is 0 Å². The third-order valence-electron chi connectivity index (χ3n) is 2.72. The molecule has 0 spiro atoms. The number of carbonyl (C=O) groups is 1. The summed E-state index contributed by atoms with van der Waals surface area (Å²) in [4.78, 5) is 16.2. The van der Waals surface area contributed by atoms with Gasteiger partial charge in [0.05, 0.1) is 17.8 Å². The number of fused-ring (bicyclic) bond motifs is 2. The first kappa shape index (κ1) is 8.41. The van der Waals surface area contributed by atoms with Crippen LogP contribution in [-0.2, 0) is 0 Å². The summed E-state index contributed by atoms with van der Waals surface area (Å²) in [5, 5.41) is 3.26. The first-order valence-corrected chi connectivity index (χ1v) is 5.00. The minimum atomic E-state index is 0.0822. The number of allylic oxidation sites excluding steroid dienone is 1. The van der Waals surface area contributed by atoms with Crippen LogP contribution in [0.2, 0.25) is 0 Å². The molecule has 0 unspecified atom stereocenters. The zero-order chi connectivity index (χ0) is 10.3. The highest BCUT2D eigenvalue weighted by Gasteiger charge is 2.28. The molecule has 1 N–H and O–H groups in total. The molecule has 0 fully saturated rings. The first-order valence-electron chi connectivity index (χ1n) is 5.00. The van der Waals surface area contributed by atoms with E-state index in [2.05, 4.69) is 10.3 Å². The van der Waals surface area contributed by atoms with E-state index in [1.54, 1.807) is 6.21 Å². The fourth-order valence-corrected chi connectivity index (χ4v) is 2.02. The predicted octanol–water partition coefficient (Wildman–Crippen LogP) is 1.27. The zero-order valence-electron chi connectivity index (χ0n) is 8.16. The zero-order valence-corrected chi connectivity index (χ0v) is 8.16. The topological polar surface area (TPSA) is 41.5 Å². The number of nitrogens with zero attached hydrogens (tertiary/aromatic N) is 1. The van der Waals surface area contributed by atoms with Crippen LogP contribution >= 0.6 is 0 Å². The van der Waals surface area contributed by atoms with Gasteiger partial charge in [-0.2, -0.15) is 0 Å². The molecule has 1 heterocycles. The van der Waals surface area contributed by atoms with Gasteiger partial charge in [-0.1, -0.05) is 24.3 Å². The molecule has 3 heteroatoms. The van der Waals surface area contributed by atoms with Crippen molar-refractivity contribution in [2.75, 3.05) is 13.1 Å². The minimum Gasteiger partial charge on any atom is -0.382 e. The highest BCUT2D eigenvalue weighted by Crippen LogP contribution is 2.30. The van der Waals surface area contributed by atoms with Gasteiger partial charge in [0.25, 0.3) is 0 Å². The van der Waals surface area contributed by atoms with Crippen LogP contribution in [0.25, 0.3) is 5.70 Å². The van der Waals surface area contributed by atoms with Gasteiger partial charge in [0.15, 0.2) is 5.78 Å². The average Bonchev–Trinajstić information content (AvgIpc) is 2.48. The summed E-state index contributed by atoms with van der Waals surface area (Å²) in [5.74, 6) is 0.0822. The van der Waals surface area contributed by atoms with Crippen LogP contribution in [0.1, 0.15) is 15.9 Å². The van der Waals surface area contributed by atoms with E-state index >= 15 is 0 Å². The number of ketones is 1. The molecule has 0 saturated carbocycles. The summed E-state index contributed by atoms with van der Waals surface area (Å²) in [7, 11) is 0. The smallest absolute Gasteiger partial charge is 0.197 e. The number of Topliss-reactive ketones (excluding diaryl/α,β-unsaturated/α-hetero) is 1. The summed E-state index contributed by atoms with van der Waals surface area (Å²) < 4.78 is 0. The third kappa shape index (κ3) is 1.13. The van der Waals surface area contributed by atoms with Crippen molar-refractivity contribution in [1.82, 2.24) is 5.32 Å². The molecule has 0 saturated heterocycles. The molecule has 0 radical (unpaired) electrons. The van der Waals surface area contributed by atoms with Gasteiger partial charge in [-0.3, -0.25) is 9.79 Å². The molecular weight excluding hydrogens is 188 g/mol. The van der Waals surface area contributed by atoms with Gasteiger partial charge in [0, 0.05) is 23.9 Å². The van der Waals surface area contributed by atoms with Gasteiger partial charge >= 0.3 is 0 Å². The second kappa shape index (κ2) is 3.05. The number of benzene rings is 1. The number of carbonyl (C=O) groups excluding carboxylic acids is 1. The van der Waals surface area contributed by atoms with Crippen molar-refractivity contribution in [3.8, 4) is 0 Å². The summed E-state index contributed by atoms with van der Waals surface area (Å²) in [5.41, 5.74) is 3.43. The van der Waals surface area contributed by atoms with E-state index < -0.39 is 0 Å². The maximum absolute atomic E-state index is 12.0. The number of rotatable bonds is 0. The fourth-order valence-electron chi connectivity index (χ4n) is 2.02. The van der Waals surface area contributed by atoms with E-state index in [1.165, 1.54) is 0 Å². The molecule has 1 aromatic rings. The van der Waals surface area contributed by atoms with Gasteiger partial charge < -0.3 is 5.32 Å². The lowest BCUT2D eigenvalue weighted by Gasteiger charge is -2.05. The molecule has 0 amide bonds. The van der Waals surface area contributed by atoms with Crippen LogP contribution in [0.15, 0.2) is 34.8 Å². The lowest BCUT2D eigenvalue weighted by atomic mass is 10.1. The summed E-state index contributed by atoms with van der Waals surface area (Å²) in [6.07, 6.45) is 1.69. The Bertz CT molecular complexity index is 500. The van der Waals surface area contributed by atoms with Crippen LogP contribution in [0.5, 0.6) is 0 Å². The highest BCUT2D eigenvalue weighted by molar-refractivity contribution is 6.31. The van der Waals surface area contributed by atoms with Crippen molar-refractivity contribution in [2.45, 2.75) is 0 Å². The van der Waals surface area contributed by atoms with Crippen molar-refractivity contribution in [2.24, 2.45) is 4.99 Å². The number of aliphatic imine (C=N–C) groups is 1. The SMILES string of the molecule is O=C1C2=C(NCCN=C2)c2ccccc21. The van der Waals surface area contributed by atoms with E-state index in [1.807, 2.05) is 24.3 Å². The first-order chi connectivity index (χ1) is 7.38. The lowest BCUT2D eigenvalue weighted by Crippen LogP contribution is -2.14. The average molecular weight is 198 g/mol. The standard InChI is InChI=1S/C12H10N2O/c15-12-9-4-2-1-3-8(9)11-10(12)7-13-5-6-14-11/h1-4,7,14H,5-6H2. The fraction of sp³-hybridized carbons (Fsp3) is 0.167. The second-order valence-corrected chi connectivity index (χ2v) is 3.63. The van der Waals surface area contributed by atoms with Gasteiger partial charge in [-0.15, -0.1) is 0 Å². The molecular formula is C12H10N2O. The van der Waals surface area contributed by atoms with E-state index in [-0.39, 0.29) is 5.78 Å². The monoisotopic (exact) mass is 198 g/mol. The number of hydrogen-bond donors (Lipinski definition) is 1. The molecule has 1 aliphatic carbocycles. The van der Waals surface area contributed by atoms with Crippen molar-refractivity contribution in [1.29, 1.82) is 0 Å². The van der Waals surface area contributed by atoms with Gasteiger partial charge in [0.2, 0.25) is 0 Å². The Hall–Kier alpha value is -1.90. The Labute approximate surface area is 87.5 Å². The summed E-state index contributed by atoms with van der Waals surface area (Å²) in [6.45, 7) is 1.51. The predicted molar refractivity (Wildman–Crippen MR) is 59.1 cm³/mol. The Morgan fingerprint density at radius 2 is 2.00 bits per heavy atom. The van der Waals surface area contributed by atoms with E-state index in [4.69, 9.17) is 0 Å². The van der Waals surface area contributed by atoms with Crippen LogP contribution in [0.3, 0.4) is 0 Å². The Morgan fingerprint density at radius 1 is 1.20 bits per heavy atom.